The lowest BCUT2D eigenvalue weighted by Gasteiger charge is -2.26. The van der Waals surface area contributed by atoms with Crippen LogP contribution in [0.3, 0.4) is 0 Å². The summed E-state index contributed by atoms with van der Waals surface area (Å²) in [6.07, 6.45) is 0.858. The Labute approximate surface area is 126 Å². The predicted molar refractivity (Wildman–Crippen MR) is 86.9 cm³/mol. The first kappa shape index (κ1) is 19.9. The molecule has 0 aromatic carbocycles. The second kappa shape index (κ2) is 10.6. The quantitative estimate of drug-likeness (QED) is 0.612. The molecule has 0 aliphatic heterocycles. The Morgan fingerprint density at radius 3 is 1.90 bits per heavy atom. The minimum absolute atomic E-state index is 0.226. The van der Waals surface area contributed by atoms with Crippen LogP contribution >= 0.6 is 0 Å². The molecule has 0 bridgehead atoms. The van der Waals surface area contributed by atoms with E-state index in [1.165, 1.54) is 0 Å². The van der Waals surface area contributed by atoms with E-state index in [0.29, 0.717) is 36.8 Å². The maximum atomic E-state index is 9.93. The highest BCUT2D eigenvalue weighted by Crippen LogP contribution is 2.19. The third kappa shape index (κ3) is 9.73. The van der Waals surface area contributed by atoms with Gasteiger partial charge in [0, 0.05) is 6.54 Å². The Morgan fingerprint density at radius 1 is 0.900 bits per heavy atom. The molecular formula is C17H37NO2. The smallest absolute Gasteiger partial charge is 0.0897 e. The lowest BCUT2D eigenvalue weighted by atomic mass is 9.85. The van der Waals surface area contributed by atoms with Crippen molar-refractivity contribution >= 4 is 0 Å². The Morgan fingerprint density at radius 2 is 1.45 bits per heavy atom. The van der Waals surface area contributed by atoms with Gasteiger partial charge in [0.15, 0.2) is 0 Å². The molecule has 2 atom stereocenters. The Hall–Kier alpha value is -0.120. The van der Waals surface area contributed by atoms with E-state index in [1.54, 1.807) is 0 Å². The molecule has 3 heteroatoms. The van der Waals surface area contributed by atoms with Gasteiger partial charge in [0.1, 0.15) is 0 Å². The van der Waals surface area contributed by atoms with Gasteiger partial charge in [-0.05, 0) is 43.6 Å². The highest BCUT2D eigenvalue weighted by Gasteiger charge is 2.17. The van der Waals surface area contributed by atoms with Gasteiger partial charge < -0.3 is 15.2 Å². The molecule has 0 fully saturated rings. The van der Waals surface area contributed by atoms with Gasteiger partial charge >= 0.3 is 0 Å². The highest BCUT2D eigenvalue weighted by molar-refractivity contribution is 4.71. The second-order valence-electron chi connectivity index (χ2n) is 7.24. The number of aliphatic hydroxyl groups is 1. The topological polar surface area (TPSA) is 41.5 Å². The van der Waals surface area contributed by atoms with E-state index in [2.05, 4.69) is 53.8 Å². The summed E-state index contributed by atoms with van der Waals surface area (Å²) in [6.45, 7) is 17.5. The van der Waals surface area contributed by atoms with E-state index in [9.17, 15) is 5.11 Å². The molecule has 0 heterocycles. The summed E-state index contributed by atoms with van der Waals surface area (Å²) in [4.78, 5) is 0. The first-order valence-electron chi connectivity index (χ1n) is 8.24. The van der Waals surface area contributed by atoms with Crippen LogP contribution in [-0.4, -0.2) is 37.0 Å². The third-order valence-corrected chi connectivity index (χ3v) is 3.85. The lowest BCUT2D eigenvalue weighted by molar-refractivity contribution is -0.00897. The SMILES string of the molecule is CC(C)CC(C)OCC(O)CNCC(C(C)C)C(C)C. The van der Waals surface area contributed by atoms with Gasteiger partial charge in [-0.1, -0.05) is 41.5 Å². The first-order valence-corrected chi connectivity index (χ1v) is 8.24. The number of hydrogen-bond donors (Lipinski definition) is 2. The fourth-order valence-electron chi connectivity index (χ4n) is 2.72. The molecule has 2 N–H and O–H groups in total. The van der Waals surface area contributed by atoms with E-state index in [1.807, 2.05) is 0 Å². The molecule has 0 amide bonds. The van der Waals surface area contributed by atoms with Gasteiger partial charge in [0.2, 0.25) is 0 Å². The van der Waals surface area contributed by atoms with Crippen molar-refractivity contribution < 1.29 is 9.84 Å². The van der Waals surface area contributed by atoms with Gasteiger partial charge in [-0.15, -0.1) is 0 Å². The average molecular weight is 287 g/mol. The van der Waals surface area contributed by atoms with Crippen molar-refractivity contribution in [2.45, 2.75) is 67.1 Å². The number of rotatable bonds is 11. The fraction of sp³-hybridized carbons (Fsp3) is 1.00. The van der Waals surface area contributed by atoms with Crippen LogP contribution in [0, 0.1) is 23.7 Å². The van der Waals surface area contributed by atoms with Gasteiger partial charge in [0.05, 0.1) is 18.8 Å². The van der Waals surface area contributed by atoms with Crippen LogP contribution in [0.15, 0.2) is 0 Å². The lowest BCUT2D eigenvalue weighted by Crippen LogP contribution is -2.37. The average Bonchev–Trinajstić information content (AvgIpc) is 2.30. The zero-order valence-corrected chi connectivity index (χ0v) is 14.6. The van der Waals surface area contributed by atoms with Crippen LogP contribution in [0.2, 0.25) is 0 Å². The molecular weight excluding hydrogens is 250 g/mol. The largest absolute Gasteiger partial charge is 0.389 e. The molecule has 122 valence electrons. The summed E-state index contributed by atoms with van der Waals surface area (Å²) in [5, 5.41) is 13.3. The number of ether oxygens (including phenoxy) is 1. The molecule has 0 rings (SSSR count). The molecule has 0 aliphatic rings. The molecule has 20 heavy (non-hydrogen) atoms. The van der Waals surface area contributed by atoms with E-state index < -0.39 is 6.10 Å². The molecule has 0 aromatic rings. The Bertz CT molecular complexity index is 221. The first-order chi connectivity index (χ1) is 9.23. The molecule has 0 saturated heterocycles. The van der Waals surface area contributed by atoms with Crippen LogP contribution in [0.5, 0.6) is 0 Å². The van der Waals surface area contributed by atoms with Crippen molar-refractivity contribution in [1.82, 2.24) is 5.32 Å². The minimum atomic E-state index is -0.412. The van der Waals surface area contributed by atoms with Crippen LogP contribution in [0.4, 0.5) is 0 Å². The maximum absolute atomic E-state index is 9.93. The summed E-state index contributed by atoms with van der Waals surface area (Å²) in [5.41, 5.74) is 0. The summed E-state index contributed by atoms with van der Waals surface area (Å²) >= 11 is 0. The van der Waals surface area contributed by atoms with Crippen LogP contribution in [-0.2, 0) is 4.74 Å². The van der Waals surface area contributed by atoms with Crippen molar-refractivity contribution in [1.29, 1.82) is 0 Å². The highest BCUT2D eigenvalue weighted by atomic mass is 16.5. The summed E-state index contributed by atoms with van der Waals surface area (Å²) in [6, 6.07) is 0. The number of hydrogen-bond acceptors (Lipinski definition) is 3. The van der Waals surface area contributed by atoms with Crippen LogP contribution in [0.25, 0.3) is 0 Å². The number of aliphatic hydroxyl groups excluding tert-OH is 1. The molecule has 0 radical (unpaired) electrons. The third-order valence-electron chi connectivity index (χ3n) is 3.85. The Kier molecular flexibility index (Phi) is 10.5. The molecule has 0 aliphatic carbocycles. The number of nitrogens with one attached hydrogen (secondary N) is 1. The van der Waals surface area contributed by atoms with Gasteiger partial charge in [-0.25, -0.2) is 0 Å². The van der Waals surface area contributed by atoms with E-state index in [0.717, 1.165) is 13.0 Å². The molecule has 0 aromatic heterocycles. The van der Waals surface area contributed by atoms with Gasteiger partial charge in [0.25, 0.3) is 0 Å². The molecule has 0 saturated carbocycles. The van der Waals surface area contributed by atoms with Crippen LogP contribution < -0.4 is 5.32 Å². The summed E-state index contributed by atoms with van der Waals surface area (Å²) in [7, 11) is 0. The zero-order chi connectivity index (χ0) is 15.7. The van der Waals surface area contributed by atoms with Gasteiger partial charge in [-0.3, -0.25) is 0 Å². The monoisotopic (exact) mass is 287 g/mol. The van der Waals surface area contributed by atoms with E-state index in [-0.39, 0.29) is 6.10 Å². The summed E-state index contributed by atoms with van der Waals surface area (Å²) < 4.78 is 5.68. The van der Waals surface area contributed by atoms with Crippen molar-refractivity contribution in [3.63, 3.8) is 0 Å². The van der Waals surface area contributed by atoms with E-state index >= 15 is 0 Å². The Balaban J connectivity index is 3.79. The fourth-order valence-corrected chi connectivity index (χ4v) is 2.72. The second-order valence-corrected chi connectivity index (χ2v) is 7.24. The standard InChI is InChI=1S/C17H37NO2/c1-12(2)8-15(7)20-11-16(19)9-18-10-17(13(3)4)14(5)6/h12-19H,8-11H2,1-7H3. The molecule has 3 nitrogen and oxygen atoms in total. The maximum Gasteiger partial charge on any atom is 0.0897 e. The minimum Gasteiger partial charge on any atom is -0.389 e. The van der Waals surface area contributed by atoms with Gasteiger partial charge in [-0.2, -0.15) is 0 Å². The predicted octanol–water partition coefficient (Wildman–Crippen LogP) is 3.32. The van der Waals surface area contributed by atoms with Crippen molar-refractivity contribution in [2.75, 3.05) is 19.7 Å². The van der Waals surface area contributed by atoms with Crippen molar-refractivity contribution in [2.24, 2.45) is 23.7 Å². The summed E-state index contributed by atoms with van der Waals surface area (Å²) in [5.74, 6) is 2.63. The molecule has 2 unspecified atom stereocenters. The normalized spacial score (nSPS) is 15.6. The van der Waals surface area contributed by atoms with Crippen molar-refractivity contribution in [3.8, 4) is 0 Å². The van der Waals surface area contributed by atoms with Crippen molar-refractivity contribution in [3.05, 3.63) is 0 Å². The van der Waals surface area contributed by atoms with Crippen LogP contribution in [0.1, 0.15) is 54.9 Å². The molecule has 0 spiro atoms. The van der Waals surface area contributed by atoms with E-state index in [4.69, 9.17) is 4.74 Å². The zero-order valence-electron chi connectivity index (χ0n) is 14.6.